The van der Waals surface area contributed by atoms with E-state index in [9.17, 15) is 18.4 Å². The Labute approximate surface area is 136 Å². The number of benzene rings is 2. The van der Waals surface area contributed by atoms with Crippen LogP contribution in [0.25, 0.3) is 0 Å². The highest BCUT2D eigenvalue weighted by molar-refractivity contribution is 5.96. The molecular formula is C16H14F2N2O4. The van der Waals surface area contributed by atoms with Crippen LogP contribution in [0.15, 0.2) is 36.4 Å². The zero-order valence-corrected chi connectivity index (χ0v) is 12.6. The van der Waals surface area contributed by atoms with Crippen LogP contribution in [0, 0.1) is 11.6 Å². The third-order valence-electron chi connectivity index (χ3n) is 3.02. The van der Waals surface area contributed by atoms with Gasteiger partial charge >= 0.3 is 0 Å². The van der Waals surface area contributed by atoms with Gasteiger partial charge in [0.1, 0.15) is 11.5 Å². The van der Waals surface area contributed by atoms with Crippen molar-refractivity contribution in [2.75, 3.05) is 19.0 Å². The summed E-state index contributed by atoms with van der Waals surface area (Å²) in [6.07, 6.45) is 0. The summed E-state index contributed by atoms with van der Waals surface area (Å²) in [6.45, 7) is -0.466. The van der Waals surface area contributed by atoms with Crippen LogP contribution in [0.2, 0.25) is 0 Å². The Hall–Kier alpha value is -3.16. The van der Waals surface area contributed by atoms with Crippen LogP contribution in [0.5, 0.6) is 11.5 Å². The van der Waals surface area contributed by atoms with Crippen molar-refractivity contribution in [3.63, 3.8) is 0 Å². The Morgan fingerprint density at radius 1 is 1.12 bits per heavy atom. The molecule has 0 heterocycles. The van der Waals surface area contributed by atoms with Gasteiger partial charge in [-0.25, -0.2) is 8.78 Å². The maximum absolute atomic E-state index is 13.1. The molecule has 0 aromatic heterocycles. The normalized spacial score (nSPS) is 10.1. The third kappa shape index (κ3) is 4.19. The van der Waals surface area contributed by atoms with Crippen LogP contribution in [-0.2, 0) is 4.79 Å². The van der Waals surface area contributed by atoms with Crippen LogP contribution in [-0.4, -0.2) is 25.5 Å². The molecule has 0 atom stereocenters. The average Bonchev–Trinajstić information content (AvgIpc) is 2.56. The molecule has 2 rings (SSSR count). The van der Waals surface area contributed by atoms with Crippen molar-refractivity contribution in [3.05, 3.63) is 53.6 Å². The van der Waals surface area contributed by atoms with Crippen LogP contribution in [0.1, 0.15) is 10.4 Å². The monoisotopic (exact) mass is 336 g/mol. The summed E-state index contributed by atoms with van der Waals surface area (Å²) in [5, 5.41) is 2.34. The number of carbonyl (C=O) groups excluding carboxylic acids is 2. The van der Waals surface area contributed by atoms with Gasteiger partial charge in [0.25, 0.3) is 11.8 Å². The van der Waals surface area contributed by atoms with Crippen molar-refractivity contribution in [1.29, 1.82) is 0 Å². The van der Waals surface area contributed by atoms with Gasteiger partial charge in [-0.2, -0.15) is 0 Å². The zero-order chi connectivity index (χ0) is 17.7. The number of hydrogen-bond donors (Lipinski definition) is 2. The Bertz CT molecular complexity index is 781. The minimum Gasteiger partial charge on any atom is -0.497 e. The summed E-state index contributed by atoms with van der Waals surface area (Å²) in [7, 11) is 1.43. The number of nitrogens with one attached hydrogen (secondary N) is 1. The molecule has 0 unspecified atom stereocenters. The fourth-order valence-electron chi connectivity index (χ4n) is 1.87. The molecule has 0 aliphatic carbocycles. The Morgan fingerprint density at radius 3 is 2.50 bits per heavy atom. The third-order valence-corrected chi connectivity index (χ3v) is 3.02. The standard InChI is InChI=1S/C16H14F2N2O4/c1-23-10-3-4-11(16(19)22)14(7-10)24-8-15(21)20-9-2-5-12(17)13(18)6-9/h2-7H,8H2,1H3,(H2,19,22)(H,20,21). The number of hydrogen-bond acceptors (Lipinski definition) is 4. The van der Waals surface area contributed by atoms with E-state index < -0.39 is 30.1 Å². The lowest BCUT2D eigenvalue weighted by molar-refractivity contribution is -0.118. The number of primary amides is 1. The minimum absolute atomic E-state index is 0.0716. The van der Waals surface area contributed by atoms with Crippen LogP contribution < -0.4 is 20.5 Å². The van der Waals surface area contributed by atoms with Gasteiger partial charge < -0.3 is 20.5 Å². The van der Waals surface area contributed by atoms with Crippen molar-refractivity contribution in [1.82, 2.24) is 0 Å². The highest BCUT2D eigenvalue weighted by Gasteiger charge is 2.13. The number of halogens is 2. The van der Waals surface area contributed by atoms with E-state index >= 15 is 0 Å². The number of methoxy groups -OCH3 is 1. The van der Waals surface area contributed by atoms with Gasteiger partial charge in [0.2, 0.25) is 0 Å². The first-order valence-electron chi connectivity index (χ1n) is 6.76. The topological polar surface area (TPSA) is 90.7 Å². The van der Waals surface area contributed by atoms with E-state index in [-0.39, 0.29) is 17.0 Å². The maximum atomic E-state index is 13.1. The van der Waals surface area contributed by atoms with Crippen molar-refractivity contribution in [2.24, 2.45) is 5.73 Å². The van der Waals surface area contributed by atoms with Crippen molar-refractivity contribution >= 4 is 17.5 Å². The van der Waals surface area contributed by atoms with Gasteiger partial charge in [-0.15, -0.1) is 0 Å². The van der Waals surface area contributed by atoms with E-state index in [0.717, 1.165) is 12.1 Å². The van der Waals surface area contributed by atoms with Crippen LogP contribution >= 0.6 is 0 Å². The van der Waals surface area contributed by atoms with E-state index in [1.807, 2.05) is 0 Å². The highest BCUT2D eigenvalue weighted by Crippen LogP contribution is 2.24. The summed E-state index contributed by atoms with van der Waals surface area (Å²) < 4.78 is 36.2. The Morgan fingerprint density at radius 2 is 1.88 bits per heavy atom. The molecule has 24 heavy (non-hydrogen) atoms. The van der Waals surface area contributed by atoms with Gasteiger partial charge in [-0.3, -0.25) is 9.59 Å². The lowest BCUT2D eigenvalue weighted by Gasteiger charge is -2.11. The molecule has 0 spiro atoms. The van der Waals surface area contributed by atoms with Gasteiger partial charge in [-0.1, -0.05) is 0 Å². The fourth-order valence-corrected chi connectivity index (χ4v) is 1.87. The SMILES string of the molecule is COc1ccc(C(N)=O)c(OCC(=O)Nc2ccc(F)c(F)c2)c1. The van der Waals surface area contributed by atoms with Gasteiger partial charge in [-0.05, 0) is 24.3 Å². The van der Waals surface area contributed by atoms with E-state index in [2.05, 4.69) is 5.32 Å². The molecule has 0 saturated heterocycles. The van der Waals surface area contributed by atoms with Crippen molar-refractivity contribution in [2.45, 2.75) is 0 Å². The molecule has 0 bridgehead atoms. The number of amides is 2. The Kier molecular flexibility index (Phi) is 5.31. The van der Waals surface area contributed by atoms with Gasteiger partial charge in [0.15, 0.2) is 18.2 Å². The molecule has 2 amide bonds. The molecule has 0 aliphatic heterocycles. The predicted molar refractivity (Wildman–Crippen MR) is 82.0 cm³/mol. The maximum Gasteiger partial charge on any atom is 0.262 e. The van der Waals surface area contributed by atoms with Crippen LogP contribution in [0.3, 0.4) is 0 Å². The highest BCUT2D eigenvalue weighted by atomic mass is 19.2. The van der Waals surface area contributed by atoms with Gasteiger partial charge in [0, 0.05) is 17.8 Å². The molecule has 126 valence electrons. The molecular weight excluding hydrogens is 322 g/mol. The average molecular weight is 336 g/mol. The second kappa shape index (κ2) is 7.40. The predicted octanol–water partition coefficient (Wildman–Crippen LogP) is 2.09. The van der Waals surface area contributed by atoms with E-state index in [1.165, 1.54) is 31.4 Å². The minimum atomic E-state index is -1.09. The van der Waals surface area contributed by atoms with Crippen molar-refractivity contribution in [3.8, 4) is 11.5 Å². The van der Waals surface area contributed by atoms with Crippen molar-refractivity contribution < 1.29 is 27.8 Å². The first kappa shape index (κ1) is 17.2. The number of carbonyl (C=O) groups is 2. The zero-order valence-electron chi connectivity index (χ0n) is 12.6. The second-order valence-corrected chi connectivity index (χ2v) is 4.69. The largest absolute Gasteiger partial charge is 0.497 e. The molecule has 6 nitrogen and oxygen atoms in total. The summed E-state index contributed by atoms with van der Waals surface area (Å²) in [5.41, 5.74) is 5.38. The molecule has 0 radical (unpaired) electrons. The second-order valence-electron chi connectivity index (χ2n) is 4.69. The molecule has 2 aromatic rings. The number of anilines is 1. The summed E-state index contributed by atoms with van der Waals surface area (Å²) in [4.78, 5) is 23.2. The quantitative estimate of drug-likeness (QED) is 0.845. The first-order chi connectivity index (χ1) is 11.4. The van der Waals surface area contributed by atoms with E-state index in [0.29, 0.717) is 5.75 Å². The first-order valence-corrected chi connectivity index (χ1v) is 6.76. The molecule has 8 heteroatoms. The van der Waals surface area contributed by atoms with Gasteiger partial charge in [0.05, 0.1) is 12.7 Å². The fraction of sp³-hybridized carbons (Fsp3) is 0.125. The Balaban J connectivity index is 2.05. The molecule has 0 aliphatic rings. The van der Waals surface area contributed by atoms with E-state index in [1.54, 1.807) is 0 Å². The summed E-state index contributed by atoms with van der Waals surface area (Å²) in [5.74, 6) is -2.98. The number of nitrogens with two attached hydrogens (primary N) is 1. The lowest BCUT2D eigenvalue weighted by Crippen LogP contribution is -2.22. The number of ether oxygens (including phenoxy) is 2. The number of rotatable bonds is 6. The lowest BCUT2D eigenvalue weighted by atomic mass is 10.2. The molecule has 3 N–H and O–H groups in total. The summed E-state index contributed by atoms with van der Waals surface area (Å²) >= 11 is 0. The molecule has 2 aromatic carbocycles. The van der Waals surface area contributed by atoms with Crippen LogP contribution in [0.4, 0.5) is 14.5 Å². The van der Waals surface area contributed by atoms with E-state index in [4.69, 9.17) is 15.2 Å². The molecule has 0 saturated carbocycles. The molecule has 0 fully saturated rings. The summed E-state index contributed by atoms with van der Waals surface area (Å²) in [6, 6.07) is 7.27. The smallest absolute Gasteiger partial charge is 0.262 e.